The number of ether oxygens (including phenoxy) is 1. The molecule has 1 aromatic carbocycles. The second-order valence-electron chi connectivity index (χ2n) is 2.59. The Kier molecular flexibility index (Phi) is 5.36. The van der Waals surface area contributed by atoms with Crippen LogP contribution in [0.3, 0.4) is 0 Å². The number of esters is 1. The van der Waals surface area contributed by atoms with Gasteiger partial charge in [-0.2, -0.15) is 0 Å². The van der Waals surface area contributed by atoms with Crippen LogP contribution in [0.5, 0.6) is 0 Å². The second-order valence-corrected chi connectivity index (χ2v) is 2.59. The Morgan fingerprint density at radius 2 is 1.80 bits per heavy atom. The van der Waals surface area contributed by atoms with Crippen molar-refractivity contribution in [2.45, 2.75) is 0 Å². The van der Waals surface area contributed by atoms with Gasteiger partial charge >= 0.3 is 5.97 Å². The molecule has 0 saturated heterocycles. The summed E-state index contributed by atoms with van der Waals surface area (Å²) in [4.78, 5) is 11.0. The lowest BCUT2D eigenvalue weighted by molar-refractivity contribution is 0.0601. The van der Waals surface area contributed by atoms with Crippen molar-refractivity contribution in [3.8, 4) is 0 Å². The van der Waals surface area contributed by atoms with E-state index in [0.29, 0.717) is 11.1 Å². The van der Waals surface area contributed by atoms with Crippen LogP contribution in [0, 0.1) is 5.41 Å². The Morgan fingerprint density at radius 3 is 2.20 bits per heavy atom. The number of nitrogens with two attached hydrogens (primary N) is 1. The predicted molar refractivity (Wildman–Crippen MR) is 59.2 cm³/mol. The zero-order valence-electron chi connectivity index (χ0n) is 8.11. The number of methoxy groups -OCH3 is 1. The molecule has 0 amide bonds. The van der Waals surface area contributed by atoms with Gasteiger partial charge in [0, 0.05) is 5.56 Å². The van der Waals surface area contributed by atoms with Crippen molar-refractivity contribution in [3.05, 3.63) is 35.4 Å². The SMILES string of the molecule is COC(=O)c1ccc(C(=N)NN)cc1.Cl. The van der Waals surface area contributed by atoms with E-state index >= 15 is 0 Å². The topological polar surface area (TPSA) is 88.2 Å². The Balaban J connectivity index is 0.00000196. The minimum absolute atomic E-state index is 0. The van der Waals surface area contributed by atoms with Gasteiger partial charge in [0.25, 0.3) is 0 Å². The van der Waals surface area contributed by atoms with Crippen molar-refractivity contribution >= 4 is 24.2 Å². The van der Waals surface area contributed by atoms with Crippen LogP contribution in [0.4, 0.5) is 0 Å². The van der Waals surface area contributed by atoms with E-state index in [4.69, 9.17) is 11.3 Å². The lowest BCUT2D eigenvalue weighted by Gasteiger charge is -2.03. The Morgan fingerprint density at radius 1 is 1.33 bits per heavy atom. The third-order valence-corrected chi connectivity index (χ3v) is 1.74. The number of halogens is 1. The van der Waals surface area contributed by atoms with Crippen LogP contribution in [0.1, 0.15) is 15.9 Å². The zero-order valence-corrected chi connectivity index (χ0v) is 8.93. The second kappa shape index (κ2) is 6.00. The molecule has 4 N–H and O–H groups in total. The van der Waals surface area contributed by atoms with E-state index in [-0.39, 0.29) is 18.2 Å². The normalized spacial score (nSPS) is 8.67. The van der Waals surface area contributed by atoms with Gasteiger partial charge in [-0.1, -0.05) is 12.1 Å². The van der Waals surface area contributed by atoms with Gasteiger partial charge in [0.05, 0.1) is 12.7 Å². The maximum atomic E-state index is 11.0. The maximum Gasteiger partial charge on any atom is 0.337 e. The number of hydrazine groups is 1. The van der Waals surface area contributed by atoms with E-state index < -0.39 is 5.97 Å². The highest BCUT2D eigenvalue weighted by molar-refractivity contribution is 5.97. The summed E-state index contributed by atoms with van der Waals surface area (Å²) in [5.74, 6) is 4.76. The molecule has 5 nitrogen and oxygen atoms in total. The monoisotopic (exact) mass is 229 g/mol. The molecule has 1 rings (SSSR count). The van der Waals surface area contributed by atoms with Gasteiger partial charge in [0.2, 0.25) is 0 Å². The molecule has 6 heteroatoms. The Bertz CT molecular complexity index is 316. The Hall–Kier alpha value is -1.59. The zero-order chi connectivity index (χ0) is 10.6. The number of hydrogen-bond acceptors (Lipinski definition) is 4. The van der Waals surface area contributed by atoms with Crippen LogP contribution in [0.2, 0.25) is 0 Å². The minimum atomic E-state index is -0.399. The van der Waals surface area contributed by atoms with Crippen molar-refractivity contribution < 1.29 is 9.53 Å². The number of benzene rings is 1. The van der Waals surface area contributed by atoms with Crippen LogP contribution in [-0.4, -0.2) is 18.9 Å². The van der Waals surface area contributed by atoms with Crippen LogP contribution < -0.4 is 11.3 Å². The summed E-state index contributed by atoms with van der Waals surface area (Å²) in [5.41, 5.74) is 3.27. The number of hydrogen-bond donors (Lipinski definition) is 3. The van der Waals surface area contributed by atoms with Crippen LogP contribution in [0.15, 0.2) is 24.3 Å². The average molecular weight is 230 g/mol. The predicted octanol–water partition coefficient (Wildman–Crippen LogP) is 0.684. The van der Waals surface area contributed by atoms with Gasteiger partial charge in [0.15, 0.2) is 0 Å². The van der Waals surface area contributed by atoms with Crippen molar-refractivity contribution in [3.63, 3.8) is 0 Å². The van der Waals surface area contributed by atoms with Crippen molar-refractivity contribution in [2.24, 2.45) is 5.84 Å². The molecule has 0 aromatic heterocycles. The average Bonchev–Trinajstić information content (AvgIpc) is 2.27. The molecule has 15 heavy (non-hydrogen) atoms. The molecule has 0 atom stereocenters. The fourth-order valence-electron chi connectivity index (χ4n) is 0.974. The number of carbonyl (C=O) groups is 1. The van der Waals surface area contributed by atoms with Gasteiger partial charge in [-0.05, 0) is 12.1 Å². The standard InChI is InChI=1S/C9H11N3O2.ClH/c1-14-9(13)7-4-2-6(3-5-7)8(10)12-11;/h2-5H,11H2,1H3,(H2,10,12);1H. The highest BCUT2D eigenvalue weighted by Crippen LogP contribution is 2.05. The van der Waals surface area contributed by atoms with Gasteiger partial charge in [-0.3, -0.25) is 5.41 Å². The quantitative estimate of drug-likeness (QED) is 0.229. The fourth-order valence-corrected chi connectivity index (χ4v) is 0.974. The molecule has 1 aromatic rings. The van der Waals surface area contributed by atoms with Crippen molar-refractivity contribution in [1.29, 1.82) is 5.41 Å². The van der Waals surface area contributed by atoms with E-state index in [0.717, 1.165) is 0 Å². The van der Waals surface area contributed by atoms with Crippen molar-refractivity contribution in [1.82, 2.24) is 5.43 Å². The summed E-state index contributed by atoms with van der Waals surface area (Å²) < 4.78 is 4.53. The van der Waals surface area contributed by atoms with Gasteiger partial charge in [0.1, 0.15) is 5.84 Å². The molecule has 0 radical (unpaired) electrons. The van der Waals surface area contributed by atoms with Crippen molar-refractivity contribution in [2.75, 3.05) is 7.11 Å². The van der Waals surface area contributed by atoms with E-state index in [9.17, 15) is 4.79 Å². The molecule has 0 fully saturated rings. The number of carbonyl (C=O) groups excluding carboxylic acids is 1. The van der Waals surface area contributed by atoms with Gasteiger partial charge < -0.3 is 10.2 Å². The summed E-state index contributed by atoms with van der Waals surface area (Å²) in [6, 6.07) is 6.39. The first-order valence-electron chi connectivity index (χ1n) is 3.93. The summed E-state index contributed by atoms with van der Waals surface area (Å²) in [5, 5.41) is 7.35. The Labute approximate surface area is 93.5 Å². The van der Waals surface area contributed by atoms with Crippen LogP contribution in [-0.2, 0) is 4.74 Å². The summed E-state index contributed by atoms with van der Waals surface area (Å²) in [6.07, 6.45) is 0. The van der Waals surface area contributed by atoms with E-state index in [1.165, 1.54) is 7.11 Å². The highest BCUT2D eigenvalue weighted by atomic mass is 35.5. The number of nitrogens with one attached hydrogen (secondary N) is 2. The number of rotatable bonds is 2. The first-order valence-corrected chi connectivity index (χ1v) is 3.93. The third-order valence-electron chi connectivity index (χ3n) is 1.74. The highest BCUT2D eigenvalue weighted by Gasteiger charge is 2.05. The molecule has 82 valence electrons. The van der Waals surface area contributed by atoms with Gasteiger partial charge in [-0.15, -0.1) is 12.4 Å². The largest absolute Gasteiger partial charge is 0.465 e. The van der Waals surface area contributed by atoms with E-state index in [1.807, 2.05) is 0 Å². The first kappa shape index (κ1) is 13.4. The minimum Gasteiger partial charge on any atom is -0.465 e. The summed E-state index contributed by atoms with van der Waals surface area (Å²) >= 11 is 0. The lowest BCUT2D eigenvalue weighted by atomic mass is 10.1. The van der Waals surface area contributed by atoms with Crippen LogP contribution >= 0.6 is 12.4 Å². The molecule has 0 unspecified atom stereocenters. The molecular weight excluding hydrogens is 218 g/mol. The number of amidine groups is 1. The molecule has 0 saturated carbocycles. The van der Waals surface area contributed by atoms with Gasteiger partial charge in [-0.25, -0.2) is 10.6 Å². The first-order chi connectivity index (χ1) is 6.69. The van der Waals surface area contributed by atoms with E-state index in [2.05, 4.69) is 10.2 Å². The fraction of sp³-hybridized carbons (Fsp3) is 0.111. The third kappa shape index (κ3) is 3.23. The van der Waals surface area contributed by atoms with Crippen LogP contribution in [0.25, 0.3) is 0 Å². The maximum absolute atomic E-state index is 11.0. The molecule has 0 aliphatic heterocycles. The smallest absolute Gasteiger partial charge is 0.337 e. The lowest BCUT2D eigenvalue weighted by Crippen LogP contribution is -2.29. The molecule has 0 spiro atoms. The molecule has 0 aliphatic rings. The summed E-state index contributed by atoms with van der Waals surface area (Å²) in [6.45, 7) is 0. The molecule has 0 heterocycles. The van der Waals surface area contributed by atoms with E-state index in [1.54, 1.807) is 24.3 Å². The molecule has 0 aliphatic carbocycles. The summed E-state index contributed by atoms with van der Waals surface area (Å²) in [7, 11) is 1.32. The molecule has 0 bridgehead atoms. The molecular formula is C9H12ClN3O2.